The van der Waals surface area contributed by atoms with E-state index in [1.165, 1.54) is 6.07 Å². The summed E-state index contributed by atoms with van der Waals surface area (Å²) in [6.07, 6.45) is 2.90. The van der Waals surface area contributed by atoms with Crippen LogP contribution in [0, 0.1) is 19.7 Å². The second-order valence-electron chi connectivity index (χ2n) is 8.08. The molecule has 2 aliphatic rings. The average Bonchev–Trinajstić information content (AvgIpc) is 3.24. The topological polar surface area (TPSA) is 47.4 Å². The number of imidazole rings is 1. The molecule has 2 aromatic carbocycles. The van der Waals surface area contributed by atoms with Crippen LogP contribution in [0.5, 0.6) is 5.75 Å². The van der Waals surface area contributed by atoms with Crippen LogP contribution in [0.4, 0.5) is 10.1 Å². The van der Waals surface area contributed by atoms with Crippen LogP contribution in [0.2, 0.25) is 0 Å². The van der Waals surface area contributed by atoms with Crippen molar-refractivity contribution in [3.8, 4) is 5.75 Å². The average molecular weight is 393 g/mol. The van der Waals surface area contributed by atoms with Gasteiger partial charge in [-0.3, -0.25) is 4.79 Å². The summed E-state index contributed by atoms with van der Waals surface area (Å²) in [7, 11) is 1.98. The maximum atomic E-state index is 13.6. The second kappa shape index (κ2) is 6.58. The number of aryl methyl sites for hydroxylation is 3. The molecule has 3 heterocycles. The van der Waals surface area contributed by atoms with E-state index in [-0.39, 0.29) is 17.8 Å². The molecule has 0 aliphatic carbocycles. The normalized spacial score (nSPS) is 19.0. The number of benzene rings is 2. The Morgan fingerprint density at radius 2 is 2.03 bits per heavy atom. The number of hydrogen-bond donors (Lipinski definition) is 0. The van der Waals surface area contributed by atoms with Gasteiger partial charge in [-0.05, 0) is 62.4 Å². The zero-order valence-electron chi connectivity index (χ0n) is 17.0. The molecule has 1 fully saturated rings. The quantitative estimate of drug-likeness (QED) is 0.643. The number of anilines is 1. The standard InChI is InChI=1S/C23H24FN3O2/c1-13-11-15(24)6-7-16(13)20-9-8-17-18(27-10-4-5-21(27)28)12-19-22(23(17)29-20)25-14(2)26(19)3/h6-7,11-12,20H,4-5,8-10H2,1-3H3/t20-/m0/s1. The molecule has 0 bridgehead atoms. The maximum Gasteiger partial charge on any atom is 0.227 e. The van der Waals surface area contributed by atoms with Crippen LogP contribution in [-0.2, 0) is 18.3 Å². The molecule has 0 unspecified atom stereocenters. The predicted octanol–water partition coefficient (Wildman–Crippen LogP) is 4.52. The Kier molecular flexibility index (Phi) is 4.12. The lowest BCUT2D eigenvalue weighted by atomic mass is 9.93. The third-order valence-electron chi connectivity index (χ3n) is 6.29. The Balaban J connectivity index is 1.67. The van der Waals surface area contributed by atoms with E-state index in [9.17, 15) is 9.18 Å². The highest BCUT2D eigenvalue weighted by Crippen LogP contribution is 2.45. The summed E-state index contributed by atoms with van der Waals surface area (Å²) < 4.78 is 22.1. The molecule has 1 atom stereocenters. The summed E-state index contributed by atoms with van der Waals surface area (Å²) in [5.74, 6) is 1.60. The molecule has 5 nitrogen and oxygen atoms in total. The molecule has 0 N–H and O–H groups in total. The Hall–Kier alpha value is -2.89. The van der Waals surface area contributed by atoms with Crippen molar-refractivity contribution in [2.24, 2.45) is 7.05 Å². The number of aromatic nitrogens is 2. The Bertz CT molecular complexity index is 1150. The molecule has 0 radical (unpaired) electrons. The number of carbonyl (C=O) groups excluding carboxylic acids is 1. The molecule has 6 heteroatoms. The van der Waals surface area contributed by atoms with Crippen LogP contribution in [0.15, 0.2) is 24.3 Å². The van der Waals surface area contributed by atoms with Gasteiger partial charge in [-0.2, -0.15) is 0 Å². The lowest BCUT2D eigenvalue weighted by molar-refractivity contribution is -0.117. The molecule has 1 amide bonds. The summed E-state index contributed by atoms with van der Waals surface area (Å²) in [6, 6.07) is 6.94. The minimum Gasteiger partial charge on any atom is -0.483 e. The molecule has 5 rings (SSSR count). The number of hydrogen-bond acceptors (Lipinski definition) is 3. The van der Waals surface area contributed by atoms with Gasteiger partial charge in [-0.15, -0.1) is 0 Å². The minimum absolute atomic E-state index is 0.154. The van der Waals surface area contributed by atoms with E-state index in [0.29, 0.717) is 6.42 Å². The van der Waals surface area contributed by atoms with Crippen molar-refractivity contribution in [2.45, 2.75) is 45.6 Å². The first-order chi connectivity index (χ1) is 13.9. The van der Waals surface area contributed by atoms with Crippen molar-refractivity contribution in [2.75, 3.05) is 11.4 Å². The van der Waals surface area contributed by atoms with Crippen LogP contribution in [0.3, 0.4) is 0 Å². The van der Waals surface area contributed by atoms with Crippen molar-refractivity contribution < 1.29 is 13.9 Å². The zero-order valence-corrected chi connectivity index (χ0v) is 17.0. The van der Waals surface area contributed by atoms with Gasteiger partial charge in [0.2, 0.25) is 5.91 Å². The number of fused-ring (bicyclic) bond motifs is 3. The maximum absolute atomic E-state index is 13.6. The first-order valence-electron chi connectivity index (χ1n) is 10.2. The highest BCUT2D eigenvalue weighted by molar-refractivity contribution is 6.00. The first kappa shape index (κ1) is 18.2. The number of carbonyl (C=O) groups is 1. The van der Waals surface area contributed by atoms with Gasteiger partial charge in [0.05, 0.1) is 11.2 Å². The van der Waals surface area contributed by atoms with E-state index in [1.807, 2.05) is 36.4 Å². The van der Waals surface area contributed by atoms with Crippen LogP contribution >= 0.6 is 0 Å². The second-order valence-corrected chi connectivity index (χ2v) is 8.08. The number of amides is 1. The molecule has 1 saturated heterocycles. The molecule has 1 aromatic heterocycles. The van der Waals surface area contributed by atoms with Gasteiger partial charge < -0.3 is 14.2 Å². The highest BCUT2D eigenvalue weighted by atomic mass is 19.1. The fourth-order valence-electron chi connectivity index (χ4n) is 4.64. The molecular formula is C23H24FN3O2. The van der Waals surface area contributed by atoms with Crippen LogP contribution in [0.1, 0.15) is 47.9 Å². The SMILES string of the molecule is Cc1cc(F)ccc1[C@@H]1CCc2c(N3CCCC3=O)cc3c(nc(C)n3C)c2O1. The van der Waals surface area contributed by atoms with Gasteiger partial charge in [0.25, 0.3) is 0 Å². The van der Waals surface area contributed by atoms with Crippen molar-refractivity contribution in [3.63, 3.8) is 0 Å². The number of ether oxygens (including phenoxy) is 1. The Labute approximate surface area is 169 Å². The van der Waals surface area contributed by atoms with Gasteiger partial charge in [-0.25, -0.2) is 9.37 Å². The summed E-state index contributed by atoms with van der Waals surface area (Å²) >= 11 is 0. The Morgan fingerprint density at radius 3 is 2.76 bits per heavy atom. The fourth-order valence-corrected chi connectivity index (χ4v) is 4.64. The number of rotatable bonds is 2. The number of nitrogens with zero attached hydrogens (tertiary/aromatic N) is 3. The van der Waals surface area contributed by atoms with Gasteiger partial charge in [0, 0.05) is 25.6 Å². The van der Waals surface area contributed by atoms with E-state index in [2.05, 4.69) is 6.07 Å². The van der Waals surface area contributed by atoms with Crippen LogP contribution < -0.4 is 9.64 Å². The molecule has 0 saturated carbocycles. The summed E-state index contributed by atoms with van der Waals surface area (Å²) in [5, 5.41) is 0. The monoisotopic (exact) mass is 393 g/mol. The molecule has 0 spiro atoms. The van der Waals surface area contributed by atoms with Gasteiger partial charge in [0.1, 0.15) is 23.3 Å². The third kappa shape index (κ3) is 2.81. The smallest absolute Gasteiger partial charge is 0.227 e. The largest absolute Gasteiger partial charge is 0.483 e. The van der Waals surface area contributed by atoms with Crippen molar-refractivity contribution in [3.05, 3.63) is 52.6 Å². The van der Waals surface area contributed by atoms with Crippen molar-refractivity contribution in [1.82, 2.24) is 9.55 Å². The third-order valence-corrected chi connectivity index (χ3v) is 6.29. The van der Waals surface area contributed by atoms with Crippen molar-refractivity contribution in [1.29, 1.82) is 0 Å². The molecule has 3 aromatic rings. The zero-order chi connectivity index (χ0) is 20.3. The van der Waals surface area contributed by atoms with E-state index in [1.54, 1.807) is 6.07 Å². The summed E-state index contributed by atoms with van der Waals surface area (Å²) in [5.41, 5.74) is 5.69. The molecule has 29 heavy (non-hydrogen) atoms. The van der Waals surface area contributed by atoms with Crippen LogP contribution in [0.25, 0.3) is 11.0 Å². The number of halogens is 1. The van der Waals surface area contributed by atoms with Gasteiger partial charge in [-0.1, -0.05) is 6.07 Å². The molecular weight excluding hydrogens is 369 g/mol. The predicted molar refractivity (Wildman–Crippen MR) is 110 cm³/mol. The summed E-state index contributed by atoms with van der Waals surface area (Å²) in [4.78, 5) is 19.1. The van der Waals surface area contributed by atoms with Crippen molar-refractivity contribution >= 4 is 22.6 Å². The van der Waals surface area contributed by atoms with Gasteiger partial charge >= 0.3 is 0 Å². The van der Waals surface area contributed by atoms with E-state index >= 15 is 0 Å². The first-order valence-corrected chi connectivity index (χ1v) is 10.2. The minimum atomic E-state index is -0.236. The van der Waals surface area contributed by atoms with E-state index in [4.69, 9.17) is 9.72 Å². The van der Waals surface area contributed by atoms with E-state index < -0.39 is 0 Å². The van der Waals surface area contributed by atoms with Crippen LogP contribution in [-0.4, -0.2) is 22.0 Å². The Morgan fingerprint density at radius 1 is 1.21 bits per heavy atom. The molecule has 150 valence electrons. The lowest BCUT2D eigenvalue weighted by Gasteiger charge is -2.31. The summed E-state index contributed by atoms with van der Waals surface area (Å²) in [6.45, 7) is 4.63. The lowest BCUT2D eigenvalue weighted by Crippen LogP contribution is -2.27. The van der Waals surface area contributed by atoms with E-state index in [0.717, 1.165) is 70.8 Å². The fraction of sp³-hybridized carbons (Fsp3) is 0.391. The highest BCUT2D eigenvalue weighted by Gasteiger charge is 2.32. The molecule has 2 aliphatic heterocycles. The van der Waals surface area contributed by atoms with Gasteiger partial charge in [0.15, 0.2) is 5.75 Å².